The maximum absolute atomic E-state index is 6.33. The summed E-state index contributed by atoms with van der Waals surface area (Å²) in [6.07, 6.45) is 2.86. The van der Waals surface area contributed by atoms with E-state index in [4.69, 9.17) is 23.2 Å². The average molecular weight is 292 g/mol. The molecule has 1 aromatic rings. The molecule has 0 aliphatic heterocycles. The molecule has 0 aromatic carbocycles. The van der Waals surface area contributed by atoms with Crippen molar-refractivity contribution in [1.29, 1.82) is 0 Å². The van der Waals surface area contributed by atoms with Crippen molar-refractivity contribution in [3.05, 3.63) is 16.4 Å². The minimum Gasteiger partial charge on any atom is -0.304 e. The molecule has 1 aromatic heterocycles. The minimum atomic E-state index is -0.0124. The number of halogens is 2. The highest BCUT2D eigenvalue weighted by Crippen LogP contribution is 2.23. The van der Waals surface area contributed by atoms with Gasteiger partial charge in [-0.15, -0.1) is 11.6 Å². The molecule has 0 saturated carbocycles. The number of hydrogen-bond acceptors (Lipinski definition) is 2. The van der Waals surface area contributed by atoms with Crippen molar-refractivity contribution >= 4 is 23.2 Å². The maximum atomic E-state index is 6.33. The summed E-state index contributed by atoms with van der Waals surface area (Å²) in [5.41, 5.74) is 1.98. The fraction of sp³-hybridized carbons (Fsp3) is 0.769. The molecule has 0 spiro atoms. The van der Waals surface area contributed by atoms with Crippen molar-refractivity contribution in [1.82, 2.24) is 15.1 Å². The summed E-state index contributed by atoms with van der Waals surface area (Å²) in [5, 5.41) is 8.74. The molecule has 0 aliphatic carbocycles. The van der Waals surface area contributed by atoms with Crippen LogP contribution in [0.4, 0.5) is 0 Å². The molecular weight excluding hydrogens is 269 g/mol. The highest BCUT2D eigenvalue weighted by molar-refractivity contribution is 6.31. The first-order valence-electron chi connectivity index (χ1n) is 6.54. The van der Waals surface area contributed by atoms with Gasteiger partial charge in [-0.25, -0.2) is 0 Å². The highest BCUT2D eigenvalue weighted by atomic mass is 35.5. The zero-order chi connectivity index (χ0) is 13.8. The Balaban J connectivity index is 2.82. The van der Waals surface area contributed by atoms with E-state index in [1.54, 1.807) is 0 Å². The Labute approximate surface area is 120 Å². The molecular formula is C13H23Cl2N3. The number of alkyl halides is 1. The maximum Gasteiger partial charge on any atom is 0.0863 e. The normalized spacial score (nSPS) is 12.1. The predicted molar refractivity (Wildman–Crippen MR) is 78.5 cm³/mol. The zero-order valence-corrected chi connectivity index (χ0v) is 13.2. The number of rotatable bonds is 7. The summed E-state index contributed by atoms with van der Waals surface area (Å²) in [5.74, 6) is 0.607. The van der Waals surface area contributed by atoms with Crippen LogP contribution in [-0.4, -0.2) is 21.2 Å². The molecule has 18 heavy (non-hydrogen) atoms. The molecule has 0 amide bonds. The van der Waals surface area contributed by atoms with E-state index in [-0.39, 0.29) is 5.54 Å². The molecule has 0 saturated heterocycles. The van der Waals surface area contributed by atoms with Crippen molar-refractivity contribution in [3.63, 3.8) is 0 Å². The van der Waals surface area contributed by atoms with Gasteiger partial charge < -0.3 is 5.32 Å². The van der Waals surface area contributed by atoms with Gasteiger partial charge in [0.2, 0.25) is 0 Å². The second-order valence-electron chi connectivity index (χ2n) is 4.66. The lowest BCUT2D eigenvalue weighted by Crippen LogP contribution is -2.45. The Hall–Kier alpha value is -0.250. The third-order valence-corrected chi connectivity index (χ3v) is 4.69. The minimum absolute atomic E-state index is 0.0124. The fourth-order valence-electron chi connectivity index (χ4n) is 2.02. The van der Waals surface area contributed by atoms with Crippen LogP contribution in [0.2, 0.25) is 5.02 Å². The summed E-state index contributed by atoms with van der Waals surface area (Å²) >= 11 is 12.4. The molecule has 3 nitrogen and oxygen atoms in total. The van der Waals surface area contributed by atoms with Crippen LogP contribution in [0.3, 0.4) is 0 Å². The molecule has 1 N–H and O–H groups in total. The van der Waals surface area contributed by atoms with E-state index in [1.165, 1.54) is 0 Å². The molecule has 0 atom stereocenters. The monoisotopic (exact) mass is 291 g/mol. The van der Waals surface area contributed by atoms with Crippen molar-refractivity contribution in [2.75, 3.05) is 5.88 Å². The van der Waals surface area contributed by atoms with E-state index in [9.17, 15) is 0 Å². The Kier molecular flexibility index (Phi) is 5.96. The summed E-state index contributed by atoms with van der Waals surface area (Å²) in [6.45, 7) is 7.08. The summed E-state index contributed by atoms with van der Waals surface area (Å²) in [7, 11) is 1.93. The standard InChI is InChI=1S/C13H23Cl2N3/c1-5-10-12(15)11(18(4)17-10)8-16-13(6-2,7-3)9-14/h16H,5-9H2,1-4H3. The lowest BCUT2D eigenvalue weighted by molar-refractivity contribution is 0.330. The molecule has 0 fully saturated rings. The fourth-order valence-corrected chi connectivity index (χ4v) is 2.85. The van der Waals surface area contributed by atoms with Crippen LogP contribution in [0.1, 0.15) is 45.0 Å². The third kappa shape index (κ3) is 3.19. The summed E-state index contributed by atoms with van der Waals surface area (Å²) in [6, 6.07) is 0. The van der Waals surface area contributed by atoms with Crippen LogP contribution in [-0.2, 0) is 20.0 Å². The second kappa shape index (κ2) is 6.78. The lowest BCUT2D eigenvalue weighted by atomic mass is 9.95. The van der Waals surface area contributed by atoms with Gasteiger partial charge in [0.1, 0.15) is 0 Å². The lowest BCUT2D eigenvalue weighted by Gasteiger charge is -2.30. The first-order valence-corrected chi connectivity index (χ1v) is 7.46. The van der Waals surface area contributed by atoms with Crippen LogP contribution in [0.5, 0.6) is 0 Å². The molecule has 0 aliphatic rings. The van der Waals surface area contributed by atoms with Crippen molar-refractivity contribution < 1.29 is 0 Å². The highest BCUT2D eigenvalue weighted by Gasteiger charge is 2.25. The van der Waals surface area contributed by atoms with E-state index in [1.807, 2.05) is 11.7 Å². The Morgan fingerprint density at radius 1 is 1.28 bits per heavy atom. The largest absolute Gasteiger partial charge is 0.304 e. The smallest absolute Gasteiger partial charge is 0.0863 e. The number of nitrogens with one attached hydrogen (secondary N) is 1. The van der Waals surface area contributed by atoms with Gasteiger partial charge >= 0.3 is 0 Å². The molecule has 1 rings (SSSR count). The van der Waals surface area contributed by atoms with Gasteiger partial charge in [0.25, 0.3) is 0 Å². The predicted octanol–water partition coefficient (Wildman–Crippen LogP) is 3.52. The number of nitrogens with zero attached hydrogens (tertiary/aromatic N) is 2. The molecule has 1 heterocycles. The van der Waals surface area contributed by atoms with Crippen LogP contribution < -0.4 is 5.32 Å². The van der Waals surface area contributed by atoms with Crippen LogP contribution in [0.25, 0.3) is 0 Å². The van der Waals surface area contributed by atoms with Gasteiger partial charge in [0.15, 0.2) is 0 Å². The molecule has 0 radical (unpaired) electrons. The van der Waals surface area contributed by atoms with E-state index >= 15 is 0 Å². The van der Waals surface area contributed by atoms with Gasteiger partial charge in [-0.3, -0.25) is 4.68 Å². The van der Waals surface area contributed by atoms with Gasteiger partial charge in [0.05, 0.1) is 16.4 Å². The molecule has 0 bridgehead atoms. The van der Waals surface area contributed by atoms with Crippen molar-refractivity contribution in [3.8, 4) is 0 Å². The van der Waals surface area contributed by atoms with Gasteiger partial charge in [0, 0.05) is 25.0 Å². The number of aromatic nitrogens is 2. The van der Waals surface area contributed by atoms with Crippen LogP contribution >= 0.6 is 23.2 Å². The number of aryl methyl sites for hydroxylation is 2. The van der Waals surface area contributed by atoms with E-state index < -0.39 is 0 Å². The Morgan fingerprint density at radius 2 is 1.89 bits per heavy atom. The van der Waals surface area contributed by atoms with Crippen LogP contribution in [0, 0.1) is 0 Å². The van der Waals surface area contributed by atoms with E-state index in [0.717, 1.165) is 35.7 Å². The average Bonchev–Trinajstić information content (AvgIpc) is 2.67. The quantitative estimate of drug-likeness (QED) is 0.779. The summed E-state index contributed by atoms with van der Waals surface area (Å²) < 4.78 is 1.86. The first kappa shape index (κ1) is 15.8. The van der Waals surface area contributed by atoms with E-state index in [2.05, 4.69) is 31.2 Å². The SMILES string of the molecule is CCc1nn(C)c(CNC(CC)(CC)CCl)c1Cl. The number of hydrogen-bond donors (Lipinski definition) is 1. The van der Waals surface area contributed by atoms with Gasteiger partial charge in [-0.1, -0.05) is 32.4 Å². The first-order chi connectivity index (χ1) is 8.53. The van der Waals surface area contributed by atoms with Gasteiger partial charge in [-0.05, 0) is 19.3 Å². The Bertz CT molecular complexity index is 376. The van der Waals surface area contributed by atoms with Crippen LogP contribution in [0.15, 0.2) is 0 Å². The topological polar surface area (TPSA) is 29.9 Å². The second-order valence-corrected chi connectivity index (χ2v) is 5.30. The summed E-state index contributed by atoms with van der Waals surface area (Å²) in [4.78, 5) is 0. The van der Waals surface area contributed by atoms with E-state index in [0.29, 0.717) is 12.4 Å². The zero-order valence-electron chi connectivity index (χ0n) is 11.7. The van der Waals surface area contributed by atoms with Crippen molar-refractivity contribution in [2.45, 2.75) is 52.1 Å². The van der Waals surface area contributed by atoms with Gasteiger partial charge in [-0.2, -0.15) is 5.10 Å². The Morgan fingerprint density at radius 3 is 2.28 bits per heavy atom. The molecule has 5 heteroatoms. The third-order valence-electron chi connectivity index (χ3n) is 3.74. The van der Waals surface area contributed by atoms with Crippen molar-refractivity contribution in [2.24, 2.45) is 7.05 Å². The molecule has 0 unspecified atom stereocenters. The molecule has 104 valence electrons.